The molecule has 2 aliphatic rings. The Morgan fingerprint density at radius 2 is 1.74 bits per heavy atom. The van der Waals surface area contributed by atoms with Crippen molar-refractivity contribution in [2.45, 2.75) is 25.3 Å². The lowest BCUT2D eigenvalue weighted by Gasteiger charge is -2.36. The number of urea groups is 1. The molecule has 0 radical (unpaired) electrons. The van der Waals surface area contributed by atoms with Crippen molar-refractivity contribution in [3.8, 4) is 5.75 Å². The van der Waals surface area contributed by atoms with E-state index in [1.165, 1.54) is 5.56 Å². The van der Waals surface area contributed by atoms with E-state index in [1.54, 1.807) is 0 Å². The predicted molar refractivity (Wildman–Crippen MR) is 108 cm³/mol. The van der Waals surface area contributed by atoms with E-state index < -0.39 is 0 Å². The minimum Gasteiger partial charge on any atom is -0.492 e. The van der Waals surface area contributed by atoms with Crippen molar-refractivity contribution in [3.05, 3.63) is 60.2 Å². The predicted octanol–water partition coefficient (Wildman–Crippen LogP) is 3.47. The van der Waals surface area contributed by atoms with E-state index in [4.69, 9.17) is 4.74 Å². The van der Waals surface area contributed by atoms with Crippen LogP contribution in [-0.2, 0) is 0 Å². The van der Waals surface area contributed by atoms with Crippen molar-refractivity contribution in [1.82, 2.24) is 10.2 Å². The molecule has 4 rings (SSSR count). The maximum atomic E-state index is 12.6. The van der Waals surface area contributed by atoms with Crippen LogP contribution in [0.1, 0.15) is 24.8 Å². The highest BCUT2D eigenvalue weighted by atomic mass is 16.5. The fourth-order valence-corrected chi connectivity index (χ4v) is 3.82. The Morgan fingerprint density at radius 3 is 2.48 bits per heavy atom. The number of benzene rings is 2. The largest absolute Gasteiger partial charge is 0.492 e. The number of anilines is 1. The number of piperazine rings is 1. The highest BCUT2D eigenvalue weighted by Crippen LogP contribution is 2.40. The SMILES string of the molecule is CCOc1ccccc1N1CCN(C(=O)NC2CC2c2ccccc2)CC1. The van der Waals surface area contributed by atoms with E-state index in [2.05, 4.69) is 40.5 Å². The van der Waals surface area contributed by atoms with Gasteiger partial charge in [-0.25, -0.2) is 4.79 Å². The van der Waals surface area contributed by atoms with Crippen LogP contribution in [0.2, 0.25) is 0 Å². The van der Waals surface area contributed by atoms with Gasteiger partial charge in [-0.2, -0.15) is 0 Å². The van der Waals surface area contributed by atoms with Crippen LogP contribution in [-0.4, -0.2) is 49.8 Å². The van der Waals surface area contributed by atoms with Gasteiger partial charge in [0.05, 0.1) is 12.3 Å². The quantitative estimate of drug-likeness (QED) is 0.882. The summed E-state index contributed by atoms with van der Waals surface area (Å²) in [4.78, 5) is 16.8. The third-order valence-electron chi connectivity index (χ3n) is 5.40. The molecule has 0 aromatic heterocycles. The molecule has 2 amide bonds. The Bertz CT molecular complexity index is 772. The third-order valence-corrected chi connectivity index (χ3v) is 5.40. The number of para-hydroxylation sites is 2. The van der Waals surface area contributed by atoms with Gasteiger partial charge in [0, 0.05) is 38.1 Å². The molecule has 2 unspecified atom stereocenters. The Kier molecular flexibility index (Phi) is 5.19. The second kappa shape index (κ2) is 7.91. The van der Waals surface area contributed by atoms with Crippen LogP contribution < -0.4 is 15.0 Å². The fraction of sp³-hybridized carbons (Fsp3) is 0.409. The first-order valence-corrected chi connectivity index (χ1v) is 9.83. The summed E-state index contributed by atoms with van der Waals surface area (Å²) in [5.41, 5.74) is 2.44. The van der Waals surface area contributed by atoms with Crippen molar-refractivity contribution in [3.63, 3.8) is 0 Å². The number of amides is 2. The van der Waals surface area contributed by atoms with Gasteiger partial charge in [-0.3, -0.25) is 0 Å². The molecule has 1 saturated carbocycles. The molecule has 2 atom stereocenters. The van der Waals surface area contributed by atoms with Crippen LogP contribution in [0.4, 0.5) is 10.5 Å². The third kappa shape index (κ3) is 4.02. The Balaban J connectivity index is 1.29. The van der Waals surface area contributed by atoms with Gasteiger partial charge in [-0.1, -0.05) is 42.5 Å². The van der Waals surface area contributed by atoms with Crippen LogP contribution in [0.3, 0.4) is 0 Å². The van der Waals surface area contributed by atoms with Crippen LogP contribution in [0.5, 0.6) is 5.75 Å². The molecule has 1 N–H and O–H groups in total. The molecule has 0 spiro atoms. The maximum Gasteiger partial charge on any atom is 0.317 e. The van der Waals surface area contributed by atoms with Crippen molar-refractivity contribution in [2.75, 3.05) is 37.7 Å². The van der Waals surface area contributed by atoms with Gasteiger partial charge in [0.2, 0.25) is 0 Å². The molecule has 2 aromatic rings. The summed E-state index contributed by atoms with van der Waals surface area (Å²) < 4.78 is 5.74. The van der Waals surface area contributed by atoms with Crippen molar-refractivity contribution in [2.24, 2.45) is 0 Å². The lowest BCUT2D eigenvalue weighted by atomic mass is 10.1. The molecule has 0 bridgehead atoms. The molecule has 2 fully saturated rings. The van der Waals surface area contributed by atoms with Crippen molar-refractivity contribution in [1.29, 1.82) is 0 Å². The molecule has 1 heterocycles. The molecule has 1 saturated heterocycles. The highest BCUT2D eigenvalue weighted by Gasteiger charge is 2.40. The summed E-state index contributed by atoms with van der Waals surface area (Å²) in [6.07, 6.45) is 1.04. The first kappa shape index (κ1) is 17.7. The van der Waals surface area contributed by atoms with Gasteiger partial charge in [0.25, 0.3) is 0 Å². The maximum absolute atomic E-state index is 12.6. The number of carbonyl (C=O) groups excluding carboxylic acids is 1. The average Bonchev–Trinajstić information content (AvgIpc) is 3.48. The summed E-state index contributed by atoms with van der Waals surface area (Å²) in [6.45, 7) is 5.77. The molecule has 1 aliphatic heterocycles. The second-order valence-electron chi connectivity index (χ2n) is 7.18. The first-order chi connectivity index (χ1) is 13.3. The summed E-state index contributed by atoms with van der Waals surface area (Å²) in [7, 11) is 0. The first-order valence-electron chi connectivity index (χ1n) is 9.83. The zero-order valence-corrected chi connectivity index (χ0v) is 15.8. The minimum absolute atomic E-state index is 0.0659. The molecule has 2 aromatic carbocycles. The van der Waals surface area contributed by atoms with E-state index in [1.807, 2.05) is 36.1 Å². The number of nitrogens with one attached hydrogen (secondary N) is 1. The average molecular weight is 365 g/mol. The number of ether oxygens (including phenoxy) is 1. The van der Waals surface area contributed by atoms with Crippen LogP contribution in [0, 0.1) is 0 Å². The summed E-state index contributed by atoms with van der Waals surface area (Å²) in [5.74, 6) is 1.39. The lowest BCUT2D eigenvalue weighted by molar-refractivity contribution is 0.193. The van der Waals surface area contributed by atoms with E-state index in [0.29, 0.717) is 12.5 Å². The zero-order valence-electron chi connectivity index (χ0n) is 15.8. The smallest absolute Gasteiger partial charge is 0.317 e. The van der Waals surface area contributed by atoms with E-state index in [0.717, 1.165) is 44.0 Å². The number of hydrogen-bond donors (Lipinski definition) is 1. The minimum atomic E-state index is 0.0659. The van der Waals surface area contributed by atoms with Gasteiger partial charge in [-0.05, 0) is 31.0 Å². The van der Waals surface area contributed by atoms with Crippen molar-refractivity contribution < 1.29 is 9.53 Å². The van der Waals surface area contributed by atoms with Gasteiger partial charge < -0.3 is 19.9 Å². The van der Waals surface area contributed by atoms with E-state index in [-0.39, 0.29) is 12.1 Å². The van der Waals surface area contributed by atoms with Gasteiger partial charge in [0.15, 0.2) is 0 Å². The van der Waals surface area contributed by atoms with Crippen LogP contribution >= 0.6 is 0 Å². The zero-order chi connectivity index (χ0) is 18.6. The normalized spacial score (nSPS) is 21.7. The number of hydrogen-bond acceptors (Lipinski definition) is 3. The fourth-order valence-electron chi connectivity index (χ4n) is 3.82. The standard InChI is InChI=1S/C22H27N3O2/c1-2-27-21-11-7-6-10-20(21)24-12-14-25(15-13-24)22(26)23-19-16-18(19)17-8-4-3-5-9-17/h3-11,18-19H,2,12-16H2,1H3,(H,23,26). The topological polar surface area (TPSA) is 44.8 Å². The number of carbonyl (C=O) groups is 1. The molecule has 5 heteroatoms. The molecular weight excluding hydrogens is 338 g/mol. The summed E-state index contributed by atoms with van der Waals surface area (Å²) in [6, 6.07) is 18.9. The van der Waals surface area contributed by atoms with E-state index >= 15 is 0 Å². The molecule has 5 nitrogen and oxygen atoms in total. The lowest BCUT2D eigenvalue weighted by Crippen LogP contribution is -2.52. The molecule has 27 heavy (non-hydrogen) atoms. The molecule has 142 valence electrons. The molecule has 1 aliphatic carbocycles. The van der Waals surface area contributed by atoms with Gasteiger partial charge >= 0.3 is 6.03 Å². The van der Waals surface area contributed by atoms with Crippen LogP contribution in [0.15, 0.2) is 54.6 Å². The Hall–Kier alpha value is -2.69. The Morgan fingerprint density at radius 1 is 1.04 bits per heavy atom. The summed E-state index contributed by atoms with van der Waals surface area (Å²) in [5, 5.41) is 3.20. The van der Waals surface area contributed by atoms with Crippen LogP contribution in [0.25, 0.3) is 0 Å². The number of nitrogens with zero attached hydrogens (tertiary/aromatic N) is 2. The summed E-state index contributed by atoms with van der Waals surface area (Å²) >= 11 is 0. The van der Waals surface area contributed by atoms with Gasteiger partial charge in [-0.15, -0.1) is 0 Å². The monoisotopic (exact) mass is 365 g/mol. The second-order valence-corrected chi connectivity index (χ2v) is 7.18. The Labute approximate surface area is 160 Å². The molecular formula is C22H27N3O2. The van der Waals surface area contributed by atoms with Crippen molar-refractivity contribution >= 4 is 11.7 Å². The van der Waals surface area contributed by atoms with E-state index in [9.17, 15) is 4.79 Å². The highest BCUT2D eigenvalue weighted by molar-refractivity contribution is 5.75. The van der Waals surface area contributed by atoms with Gasteiger partial charge in [0.1, 0.15) is 5.75 Å². The number of rotatable bonds is 5.